The summed E-state index contributed by atoms with van der Waals surface area (Å²) < 4.78 is 0. The quantitative estimate of drug-likeness (QED) is 0.619. The van der Waals surface area contributed by atoms with Crippen molar-refractivity contribution in [2.24, 2.45) is 5.84 Å². The third-order valence-corrected chi connectivity index (χ3v) is 4.26. The van der Waals surface area contributed by atoms with Gasteiger partial charge in [-0.15, -0.1) is 0 Å². The van der Waals surface area contributed by atoms with E-state index in [4.69, 9.17) is 29.0 Å². The molecular weight excluding hydrogens is 269 g/mol. The van der Waals surface area contributed by atoms with Gasteiger partial charge in [0.15, 0.2) is 0 Å². The number of aromatic nitrogens is 1. The van der Waals surface area contributed by atoms with Gasteiger partial charge in [0.25, 0.3) is 0 Å². The fourth-order valence-corrected chi connectivity index (χ4v) is 2.95. The number of nitrogens with one attached hydrogen (secondary N) is 1. The highest BCUT2D eigenvalue weighted by Gasteiger charge is 2.19. The fraction of sp³-hybridized carbons (Fsp3) is 0.308. The first-order chi connectivity index (χ1) is 8.72. The number of nitrogen functional groups attached to an aromatic ring is 1. The van der Waals surface area contributed by atoms with Crippen LogP contribution < -0.4 is 11.3 Å². The Hall–Kier alpha value is -1.03. The van der Waals surface area contributed by atoms with Crippen LogP contribution in [0.1, 0.15) is 24.1 Å². The van der Waals surface area contributed by atoms with Gasteiger partial charge in [-0.05, 0) is 43.4 Å². The Morgan fingerprint density at radius 3 is 2.72 bits per heavy atom. The molecule has 3 N–H and O–H groups in total. The zero-order valence-corrected chi connectivity index (χ0v) is 11.3. The number of hydrogen-bond donors (Lipinski definition) is 2. The maximum absolute atomic E-state index is 6.23. The van der Waals surface area contributed by atoms with Crippen LogP contribution in [-0.4, -0.2) is 4.98 Å². The van der Waals surface area contributed by atoms with Crippen molar-refractivity contribution in [1.29, 1.82) is 0 Å². The highest BCUT2D eigenvalue weighted by atomic mass is 35.5. The zero-order chi connectivity index (χ0) is 12.7. The lowest BCUT2D eigenvalue weighted by Crippen LogP contribution is -2.15. The number of nitrogens with two attached hydrogens (primary N) is 1. The number of hydrogen-bond acceptors (Lipinski definition) is 3. The lowest BCUT2D eigenvalue weighted by atomic mass is 9.93. The number of pyridine rings is 1. The Balaban J connectivity index is 2.40. The predicted molar refractivity (Wildman–Crippen MR) is 76.2 cm³/mol. The number of nitrogens with zero attached hydrogens (tertiary/aromatic N) is 1. The minimum atomic E-state index is 0.499. The first-order valence-corrected chi connectivity index (χ1v) is 6.74. The molecule has 0 fully saturated rings. The number of hydrazine groups is 1. The largest absolute Gasteiger partial charge is 0.323 e. The summed E-state index contributed by atoms with van der Waals surface area (Å²) in [5.41, 5.74) is 6.78. The molecule has 94 valence electrons. The smallest absolute Gasteiger partial charge is 0.0928 e. The number of aryl methyl sites for hydroxylation is 1. The van der Waals surface area contributed by atoms with E-state index in [2.05, 4.69) is 10.4 Å². The third-order valence-electron chi connectivity index (χ3n) is 3.47. The minimum absolute atomic E-state index is 0.499. The molecule has 1 heterocycles. The summed E-state index contributed by atoms with van der Waals surface area (Å²) in [4.78, 5) is 4.67. The van der Waals surface area contributed by atoms with Crippen molar-refractivity contribution >= 4 is 39.8 Å². The lowest BCUT2D eigenvalue weighted by Gasteiger charge is -2.20. The van der Waals surface area contributed by atoms with Crippen molar-refractivity contribution < 1.29 is 0 Å². The molecule has 1 aliphatic rings. The molecule has 1 aromatic carbocycles. The van der Waals surface area contributed by atoms with Crippen molar-refractivity contribution in [3.05, 3.63) is 33.4 Å². The second-order valence-electron chi connectivity index (χ2n) is 4.52. The van der Waals surface area contributed by atoms with Crippen LogP contribution >= 0.6 is 23.2 Å². The van der Waals surface area contributed by atoms with Crippen molar-refractivity contribution in [2.75, 3.05) is 5.43 Å². The fourth-order valence-electron chi connectivity index (χ4n) is 2.60. The summed E-state index contributed by atoms with van der Waals surface area (Å²) in [6.07, 6.45) is 4.32. The van der Waals surface area contributed by atoms with E-state index >= 15 is 0 Å². The summed E-state index contributed by atoms with van der Waals surface area (Å²) in [6.45, 7) is 0. The van der Waals surface area contributed by atoms with E-state index in [9.17, 15) is 0 Å². The van der Waals surface area contributed by atoms with Gasteiger partial charge >= 0.3 is 0 Å². The standard InChI is InChI=1S/C13H13Cl2N3/c14-9-6-5-8-12(18-16)7-3-1-2-4-10(7)17-13(8)11(9)15/h5-6H,1-4,16H2,(H,17,18). The van der Waals surface area contributed by atoms with Gasteiger partial charge in [-0.2, -0.15) is 0 Å². The first-order valence-electron chi connectivity index (χ1n) is 5.98. The number of anilines is 1. The van der Waals surface area contributed by atoms with Gasteiger partial charge < -0.3 is 5.43 Å². The topological polar surface area (TPSA) is 50.9 Å². The van der Waals surface area contributed by atoms with Crippen LogP contribution in [0.5, 0.6) is 0 Å². The molecule has 0 amide bonds. The highest BCUT2D eigenvalue weighted by Crippen LogP contribution is 2.37. The molecule has 0 atom stereocenters. The molecule has 5 heteroatoms. The maximum atomic E-state index is 6.23. The molecule has 1 aliphatic carbocycles. The second kappa shape index (κ2) is 4.57. The Morgan fingerprint density at radius 1 is 1.17 bits per heavy atom. The Kier molecular flexibility index (Phi) is 3.06. The second-order valence-corrected chi connectivity index (χ2v) is 5.31. The molecule has 1 aromatic heterocycles. The summed E-state index contributed by atoms with van der Waals surface area (Å²) >= 11 is 12.3. The van der Waals surface area contributed by atoms with Crippen LogP contribution in [0.3, 0.4) is 0 Å². The van der Waals surface area contributed by atoms with Crippen molar-refractivity contribution in [1.82, 2.24) is 4.98 Å². The SMILES string of the molecule is NNc1c2c(nc3c(Cl)c(Cl)ccc13)CCCC2. The first kappa shape index (κ1) is 12.0. The average Bonchev–Trinajstić information content (AvgIpc) is 2.41. The summed E-state index contributed by atoms with van der Waals surface area (Å²) in [6, 6.07) is 3.70. The van der Waals surface area contributed by atoms with Gasteiger partial charge in [-0.3, -0.25) is 10.8 Å². The van der Waals surface area contributed by atoms with E-state index in [0.717, 1.165) is 41.5 Å². The third kappa shape index (κ3) is 1.74. The number of halogens is 2. The molecule has 0 radical (unpaired) electrons. The molecule has 0 bridgehead atoms. The molecule has 0 saturated carbocycles. The molecule has 0 unspecified atom stereocenters. The monoisotopic (exact) mass is 281 g/mol. The molecular formula is C13H13Cl2N3. The van der Waals surface area contributed by atoms with E-state index < -0.39 is 0 Å². The normalized spacial score (nSPS) is 14.6. The van der Waals surface area contributed by atoms with Crippen LogP contribution in [0.25, 0.3) is 10.9 Å². The Labute approximate surface area is 115 Å². The van der Waals surface area contributed by atoms with Crippen molar-refractivity contribution in [3.8, 4) is 0 Å². The zero-order valence-electron chi connectivity index (χ0n) is 9.76. The Bertz CT molecular complexity index is 625. The molecule has 0 spiro atoms. The lowest BCUT2D eigenvalue weighted by molar-refractivity contribution is 0.672. The minimum Gasteiger partial charge on any atom is -0.323 e. The van der Waals surface area contributed by atoms with E-state index in [0.29, 0.717) is 10.0 Å². The molecule has 0 aliphatic heterocycles. The number of benzene rings is 1. The predicted octanol–water partition coefficient (Wildman–Crippen LogP) is 3.71. The van der Waals surface area contributed by atoms with Crippen molar-refractivity contribution in [3.63, 3.8) is 0 Å². The molecule has 0 saturated heterocycles. The highest BCUT2D eigenvalue weighted by molar-refractivity contribution is 6.45. The number of rotatable bonds is 1. The van der Waals surface area contributed by atoms with Crippen molar-refractivity contribution in [2.45, 2.75) is 25.7 Å². The van der Waals surface area contributed by atoms with Crippen LogP contribution in [0.2, 0.25) is 10.0 Å². The van der Waals surface area contributed by atoms with Gasteiger partial charge in [-0.1, -0.05) is 23.2 Å². The summed E-state index contributed by atoms with van der Waals surface area (Å²) in [5.74, 6) is 5.67. The number of fused-ring (bicyclic) bond motifs is 2. The van der Waals surface area contributed by atoms with Gasteiger partial charge in [0.05, 0.1) is 21.2 Å². The van der Waals surface area contributed by atoms with E-state index in [1.807, 2.05) is 6.07 Å². The van der Waals surface area contributed by atoms with Gasteiger partial charge in [0, 0.05) is 11.1 Å². The van der Waals surface area contributed by atoms with Crippen LogP contribution in [0.4, 0.5) is 5.69 Å². The van der Waals surface area contributed by atoms with E-state index in [1.165, 1.54) is 12.0 Å². The van der Waals surface area contributed by atoms with E-state index in [-0.39, 0.29) is 0 Å². The average molecular weight is 282 g/mol. The van der Waals surface area contributed by atoms with Crippen LogP contribution in [0.15, 0.2) is 12.1 Å². The molecule has 2 aromatic rings. The van der Waals surface area contributed by atoms with Gasteiger partial charge in [0.1, 0.15) is 0 Å². The maximum Gasteiger partial charge on any atom is 0.0928 e. The van der Waals surface area contributed by atoms with Crippen LogP contribution in [-0.2, 0) is 12.8 Å². The van der Waals surface area contributed by atoms with Gasteiger partial charge in [-0.25, -0.2) is 0 Å². The van der Waals surface area contributed by atoms with Gasteiger partial charge in [0.2, 0.25) is 0 Å². The molecule has 18 heavy (non-hydrogen) atoms. The molecule has 3 nitrogen and oxygen atoms in total. The summed E-state index contributed by atoms with van der Waals surface area (Å²) in [7, 11) is 0. The van der Waals surface area contributed by atoms with Crippen LogP contribution in [0, 0.1) is 0 Å². The summed E-state index contributed by atoms with van der Waals surface area (Å²) in [5, 5.41) is 1.96. The molecule has 3 rings (SSSR count). The Morgan fingerprint density at radius 2 is 1.94 bits per heavy atom. The van der Waals surface area contributed by atoms with E-state index in [1.54, 1.807) is 6.07 Å².